The van der Waals surface area contributed by atoms with E-state index in [2.05, 4.69) is 20.5 Å². The Morgan fingerprint density at radius 2 is 1.83 bits per heavy atom. The molecule has 3 fully saturated rings. The fraction of sp³-hybridized carbons (Fsp3) is 0.905. The summed E-state index contributed by atoms with van der Waals surface area (Å²) in [6, 6.07) is 0. The molecular formula is C21H40IN5O3. The van der Waals surface area contributed by atoms with Gasteiger partial charge in [0.2, 0.25) is 5.91 Å². The number of amides is 1. The van der Waals surface area contributed by atoms with Gasteiger partial charge in [-0.25, -0.2) is 4.99 Å². The zero-order valence-corrected chi connectivity index (χ0v) is 21.0. The summed E-state index contributed by atoms with van der Waals surface area (Å²) in [6.45, 7) is 7.12. The van der Waals surface area contributed by atoms with E-state index >= 15 is 0 Å². The Hall–Kier alpha value is -0.650. The minimum absolute atomic E-state index is 0. The van der Waals surface area contributed by atoms with Crippen LogP contribution in [0.4, 0.5) is 0 Å². The normalized spacial score (nSPS) is 24.7. The molecule has 9 heteroatoms. The number of likely N-dealkylation sites (N-methyl/N-ethyl adjacent to an activating group) is 1. The van der Waals surface area contributed by atoms with Crippen molar-refractivity contribution >= 4 is 35.8 Å². The highest BCUT2D eigenvalue weighted by atomic mass is 127. The van der Waals surface area contributed by atoms with Crippen molar-refractivity contribution in [2.24, 2.45) is 10.9 Å². The van der Waals surface area contributed by atoms with Crippen LogP contribution in [0, 0.1) is 5.92 Å². The molecule has 1 unspecified atom stereocenters. The lowest BCUT2D eigenvalue weighted by molar-refractivity contribution is -0.127. The number of guanidine groups is 1. The summed E-state index contributed by atoms with van der Waals surface area (Å²) < 4.78 is 11.1. The number of hydrogen-bond donors (Lipinski definition) is 2. The molecule has 174 valence electrons. The van der Waals surface area contributed by atoms with E-state index in [1.807, 2.05) is 0 Å². The lowest BCUT2D eigenvalue weighted by atomic mass is 9.80. The Kier molecular flexibility index (Phi) is 11.1. The predicted octanol–water partition coefficient (Wildman–Crippen LogP) is 1.30. The van der Waals surface area contributed by atoms with Crippen LogP contribution in [-0.2, 0) is 14.3 Å². The van der Waals surface area contributed by atoms with E-state index in [9.17, 15) is 4.79 Å². The van der Waals surface area contributed by atoms with Crippen LogP contribution < -0.4 is 10.6 Å². The molecule has 1 amide bonds. The van der Waals surface area contributed by atoms with Crippen molar-refractivity contribution in [1.82, 2.24) is 20.4 Å². The standard InChI is InChI=1S/C21H39N5O3.HI/c1-25(2)19(27)15-23-20(22-14-18-6-11-29-16-18)24-17-21(7-4-3-5-8-21)26-9-12-28-13-10-26;/h18H,3-17H2,1-2H3,(H2,22,23,24);1H. The van der Waals surface area contributed by atoms with Crippen LogP contribution in [0.3, 0.4) is 0 Å². The maximum atomic E-state index is 12.0. The number of nitrogens with zero attached hydrogens (tertiary/aromatic N) is 3. The molecule has 2 saturated heterocycles. The van der Waals surface area contributed by atoms with Gasteiger partial charge in [-0.05, 0) is 19.3 Å². The van der Waals surface area contributed by atoms with Crippen LogP contribution in [0.1, 0.15) is 38.5 Å². The van der Waals surface area contributed by atoms with Crippen molar-refractivity contribution in [3.8, 4) is 0 Å². The van der Waals surface area contributed by atoms with Gasteiger partial charge in [0.15, 0.2) is 5.96 Å². The Bertz CT molecular complexity index is 543. The minimum Gasteiger partial charge on any atom is -0.381 e. The van der Waals surface area contributed by atoms with Gasteiger partial charge in [-0.3, -0.25) is 9.69 Å². The van der Waals surface area contributed by atoms with E-state index in [1.54, 1.807) is 19.0 Å². The molecule has 8 nitrogen and oxygen atoms in total. The number of nitrogens with one attached hydrogen (secondary N) is 2. The van der Waals surface area contributed by atoms with Gasteiger partial charge in [0, 0.05) is 58.3 Å². The Morgan fingerprint density at radius 1 is 1.10 bits per heavy atom. The zero-order valence-electron chi connectivity index (χ0n) is 18.7. The van der Waals surface area contributed by atoms with Crippen LogP contribution in [0.2, 0.25) is 0 Å². The average Bonchev–Trinajstić information content (AvgIpc) is 3.28. The highest BCUT2D eigenvalue weighted by molar-refractivity contribution is 14.0. The average molecular weight is 537 g/mol. The van der Waals surface area contributed by atoms with E-state index in [-0.39, 0.29) is 42.0 Å². The van der Waals surface area contributed by atoms with Crippen LogP contribution in [0.25, 0.3) is 0 Å². The van der Waals surface area contributed by atoms with Gasteiger partial charge < -0.3 is 25.0 Å². The van der Waals surface area contributed by atoms with E-state index in [0.29, 0.717) is 5.92 Å². The highest BCUT2D eigenvalue weighted by Gasteiger charge is 2.38. The van der Waals surface area contributed by atoms with Crippen molar-refractivity contribution in [3.05, 3.63) is 0 Å². The molecule has 0 radical (unpaired) electrons. The summed E-state index contributed by atoms with van der Waals surface area (Å²) in [4.78, 5) is 20.8. The van der Waals surface area contributed by atoms with Gasteiger partial charge in [0.1, 0.15) is 6.54 Å². The molecule has 2 aliphatic heterocycles. The number of aliphatic imine (C=N–C) groups is 1. The summed E-state index contributed by atoms with van der Waals surface area (Å²) in [5, 5.41) is 7.05. The summed E-state index contributed by atoms with van der Waals surface area (Å²) >= 11 is 0. The van der Waals surface area contributed by atoms with E-state index in [0.717, 1.165) is 65.0 Å². The number of hydrogen-bond acceptors (Lipinski definition) is 5. The lowest BCUT2D eigenvalue weighted by Gasteiger charge is -2.48. The Balaban J connectivity index is 0.00000320. The van der Waals surface area contributed by atoms with Gasteiger partial charge in [0.05, 0.1) is 19.8 Å². The number of morpholine rings is 1. The van der Waals surface area contributed by atoms with Crippen LogP contribution in [0.5, 0.6) is 0 Å². The molecule has 1 saturated carbocycles. The quantitative estimate of drug-likeness (QED) is 0.290. The van der Waals surface area contributed by atoms with E-state index in [1.165, 1.54) is 32.1 Å². The Labute approximate surface area is 198 Å². The third-order valence-corrected chi connectivity index (χ3v) is 6.50. The van der Waals surface area contributed by atoms with Crippen molar-refractivity contribution < 1.29 is 14.3 Å². The lowest BCUT2D eigenvalue weighted by Crippen LogP contribution is -2.60. The fourth-order valence-electron chi connectivity index (χ4n) is 4.55. The molecule has 0 bridgehead atoms. The van der Waals surface area contributed by atoms with Gasteiger partial charge >= 0.3 is 0 Å². The largest absolute Gasteiger partial charge is 0.381 e. The first-order valence-corrected chi connectivity index (χ1v) is 11.2. The molecular weight excluding hydrogens is 497 g/mol. The van der Waals surface area contributed by atoms with Gasteiger partial charge in [-0.1, -0.05) is 19.3 Å². The molecule has 0 aromatic rings. The van der Waals surface area contributed by atoms with Crippen LogP contribution >= 0.6 is 24.0 Å². The topological polar surface area (TPSA) is 78.4 Å². The molecule has 0 aromatic carbocycles. The molecule has 30 heavy (non-hydrogen) atoms. The van der Waals surface area contributed by atoms with E-state index in [4.69, 9.17) is 9.47 Å². The summed E-state index contributed by atoms with van der Waals surface area (Å²) in [6.07, 6.45) is 7.37. The van der Waals surface area contributed by atoms with Gasteiger partial charge in [-0.2, -0.15) is 0 Å². The SMILES string of the molecule is CN(C)C(=O)CN=C(NCC1CCOC1)NCC1(N2CCOCC2)CCCCC1.I. The minimum atomic E-state index is 0. The monoisotopic (exact) mass is 537 g/mol. The molecule has 2 N–H and O–H groups in total. The smallest absolute Gasteiger partial charge is 0.243 e. The number of carbonyl (C=O) groups excluding carboxylic acids is 1. The maximum Gasteiger partial charge on any atom is 0.243 e. The summed E-state index contributed by atoms with van der Waals surface area (Å²) in [7, 11) is 3.54. The molecule has 1 atom stereocenters. The molecule has 1 aliphatic carbocycles. The van der Waals surface area contributed by atoms with E-state index < -0.39 is 0 Å². The third-order valence-electron chi connectivity index (χ3n) is 6.50. The molecule has 2 heterocycles. The summed E-state index contributed by atoms with van der Waals surface area (Å²) in [5.41, 5.74) is 0.159. The number of halogens is 1. The van der Waals surface area contributed by atoms with Crippen LogP contribution in [0.15, 0.2) is 4.99 Å². The third kappa shape index (κ3) is 7.49. The number of ether oxygens (including phenoxy) is 2. The first-order chi connectivity index (χ1) is 14.1. The molecule has 0 aromatic heterocycles. The van der Waals surface area contributed by atoms with Crippen molar-refractivity contribution in [1.29, 1.82) is 0 Å². The maximum absolute atomic E-state index is 12.0. The second kappa shape index (κ2) is 13.0. The summed E-state index contributed by atoms with van der Waals surface area (Å²) in [5.74, 6) is 1.26. The molecule has 3 rings (SSSR count). The fourth-order valence-corrected chi connectivity index (χ4v) is 4.55. The molecule has 0 spiro atoms. The highest BCUT2D eigenvalue weighted by Crippen LogP contribution is 2.33. The van der Waals surface area contributed by atoms with Gasteiger partial charge in [0.25, 0.3) is 0 Å². The van der Waals surface area contributed by atoms with Gasteiger partial charge in [-0.15, -0.1) is 24.0 Å². The zero-order chi connectivity index (χ0) is 20.5. The first kappa shape index (κ1) is 25.6. The van der Waals surface area contributed by atoms with Crippen molar-refractivity contribution in [2.45, 2.75) is 44.1 Å². The number of rotatable bonds is 7. The predicted molar refractivity (Wildman–Crippen MR) is 130 cm³/mol. The second-order valence-corrected chi connectivity index (χ2v) is 8.80. The number of carbonyl (C=O) groups is 1. The van der Waals surface area contributed by atoms with Crippen molar-refractivity contribution in [2.75, 3.05) is 73.2 Å². The second-order valence-electron chi connectivity index (χ2n) is 8.80. The Morgan fingerprint density at radius 3 is 2.47 bits per heavy atom. The van der Waals surface area contributed by atoms with Crippen LogP contribution in [-0.4, -0.2) is 100 Å². The molecule has 3 aliphatic rings. The van der Waals surface area contributed by atoms with Crippen molar-refractivity contribution in [3.63, 3.8) is 0 Å². The first-order valence-electron chi connectivity index (χ1n) is 11.2.